The Balaban J connectivity index is 1.65. The Morgan fingerprint density at radius 1 is 1.22 bits per heavy atom. The molecule has 0 atom stereocenters. The average Bonchev–Trinajstić information content (AvgIpc) is 3.02. The molecule has 0 spiro atoms. The normalized spacial score (nSPS) is 10.6. The number of hydrogen-bond donors (Lipinski definition) is 1. The number of rotatable bonds is 6. The number of carbonyl (C=O) groups excluding carboxylic acids is 2. The molecule has 0 aliphatic heterocycles. The van der Waals surface area contributed by atoms with Crippen LogP contribution in [0.25, 0.3) is 10.2 Å². The van der Waals surface area contributed by atoms with E-state index in [1.807, 2.05) is 6.92 Å². The van der Waals surface area contributed by atoms with Gasteiger partial charge in [-0.3, -0.25) is 10.1 Å². The van der Waals surface area contributed by atoms with Gasteiger partial charge in [-0.15, -0.1) is 0 Å². The van der Waals surface area contributed by atoms with Gasteiger partial charge in [-0.25, -0.2) is 9.78 Å². The van der Waals surface area contributed by atoms with Gasteiger partial charge in [0.15, 0.2) is 11.7 Å². The molecule has 27 heavy (non-hydrogen) atoms. The van der Waals surface area contributed by atoms with Crippen LogP contribution in [0, 0.1) is 6.92 Å². The number of aryl methyl sites for hydroxylation is 1. The van der Waals surface area contributed by atoms with Crippen LogP contribution in [0.4, 0.5) is 5.13 Å². The SMILES string of the molecule is CCOC(=O)c1ccc2nc(NC(=O)COc3ccc(Cl)cc3C)sc2c1. The highest BCUT2D eigenvalue weighted by molar-refractivity contribution is 7.22. The number of thiazole rings is 1. The lowest BCUT2D eigenvalue weighted by molar-refractivity contribution is -0.118. The summed E-state index contributed by atoms with van der Waals surface area (Å²) in [4.78, 5) is 28.3. The number of anilines is 1. The van der Waals surface area contributed by atoms with E-state index in [2.05, 4.69) is 10.3 Å². The quantitative estimate of drug-likeness (QED) is 0.614. The van der Waals surface area contributed by atoms with E-state index < -0.39 is 0 Å². The molecule has 1 N–H and O–H groups in total. The maximum absolute atomic E-state index is 12.1. The zero-order chi connectivity index (χ0) is 19.4. The highest BCUT2D eigenvalue weighted by Crippen LogP contribution is 2.27. The summed E-state index contributed by atoms with van der Waals surface area (Å²) in [6.07, 6.45) is 0. The zero-order valence-corrected chi connectivity index (χ0v) is 16.3. The Kier molecular flexibility index (Phi) is 5.93. The van der Waals surface area contributed by atoms with Crippen LogP contribution in [-0.4, -0.2) is 30.1 Å². The number of esters is 1. The number of nitrogens with zero attached hydrogens (tertiary/aromatic N) is 1. The van der Waals surface area contributed by atoms with Crippen molar-refractivity contribution in [1.82, 2.24) is 4.98 Å². The minimum absolute atomic E-state index is 0.146. The fourth-order valence-corrected chi connectivity index (χ4v) is 3.54. The van der Waals surface area contributed by atoms with Crippen LogP contribution in [0.1, 0.15) is 22.8 Å². The van der Waals surface area contributed by atoms with Crippen molar-refractivity contribution in [2.45, 2.75) is 13.8 Å². The van der Waals surface area contributed by atoms with Crippen molar-refractivity contribution in [2.75, 3.05) is 18.5 Å². The van der Waals surface area contributed by atoms with Gasteiger partial charge < -0.3 is 9.47 Å². The second kappa shape index (κ2) is 8.37. The first-order valence-electron chi connectivity index (χ1n) is 8.23. The van der Waals surface area contributed by atoms with E-state index in [9.17, 15) is 9.59 Å². The summed E-state index contributed by atoms with van der Waals surface area (Å²) < 4.78 is 11.3. The molecule has 2 aromatic carbocycles. The van der Waals surface area contributed by atoms with Gasteiger partial charge in [-0.05, 0) is 55.8 Å². The van der Waals surface area contributed by atoms with Gasteiger partial charge in [0.05, 0.1) is 22.4 Å². The molecule has 0 radical (unpaired) electrons. The molecular weight excluding hydrogens is 388 g/mol. The molecule has 1 amide bonds. The van der Waals surface area contributed by atoms with Crippen molar-refractivity contribution in [3.63, 3.8) is 0 Å². The molecule has 0 unspecified atom stereocenters. The fraction of sp³-hybridized carbons (Fsp3) is 0.211. The molecule has 3 aromatic rings. The predicted molar refractivity (Wildman–Crippen MR) is 106 cm³/mol. The van der Waals surface area contributed by atoms with E-state index in [-0.39, 0.29) is 18.5 Å². The van der Waals surface area contributed by atoms with Crippen LogP contribution in [0.3, 0.4) is 0 Å². The van der Waals surface area contributed by atoms with Crippen molar-refractivity contribution >= 4 is 50.2 Å². The van der Waals surface area contributed by atoms with Crippen molar-refractivity contribution in [3.05, 3.63) is 52.5 Å². The molecule has 3 rings (SSSR count). The molecule has 1 aromatic heterocycles. The second-order valence-corrected chi connectivity index (χ2v) is 7.14. The summed E-state index contributed by atoms with van der Waals surface area (Å²) in [6, 6.07) is 10.3. The highest BCUT2D eigenvalue weighted by atomic mass is 35.5. The second-order valence-electron chi connectivity index (χ2n) is 5.67. The molecule has 1 heterocycles. The topological polar surface area (TPSA) is 77.5 Å². The largest absolute Gasteiger partial charge is 0.483 e. The number of ether oxygens (including phenoxy) is 2. The van der Waals surface area contributed by atoms with Gasteiger partial charge >= 0.3 is 5.97 Å². The molecule has 0 saturated carbocycles. The van der Waals surface area contributed by atoms with Crippen LogP contribution >= 0.6 is 22.9 Å². The summed E-state index contributed by atoms with van der Waals surface area (Å²) >= 11 is 7.18. The van der Waals surface area contributed by atoms with E-state index in [1.165, 1.54) is 11.3 Å². The third-order valence-corrected chi connectivity index (χ3v) is 4.81. The molecule has 140 valence electrons. The van der Waals surface area contributed by atoms with Crippen LogP contribution in [0.15, 0.2) is 36.4 Å². The van der Waals surface area contributed by atoms with E-state index in [4.69, 9.17) is 21.1 Å². The van der Waals surface area contributed by atoms with Gasteiger partial charge in [-0.2, -0.15) is 0 Å². The highest BCUT2D eigenvalue weighted by Gasteiger charge is 2.12. The molecule has 8 heteroatoms. The Morgan fingerprint density at radius 2 is 2.04 bits per heavy atom. The first-order chi connectivity index (χ1) is 13.0. The molecule has 0 saturated heterocycles. The summed E-state index contributed by atoms with van der Waals surface area (Å²) in [7, 11) is 0. The van der Waals surface area contributed by atoms with E-state index in [1.54, 1.807) is 43.3 Å². The summed E-state index contributed by atoms with van der Waals surface area (Å²) in [5, 5.41) is 3.76. The number of benzene rings is 2. The van der Waals surface area contributed by atoms with Gasteiger partial charge in [0.1, 0.15) is 5.75 Å². The fourth-order valence-electron chi connectivity index (χ4n) is 2.39. The van der Waals surface area contributed by atoms with Gasteiger partial charge in [0, 0.05) is 5.02 Å². The Labute approximate surface area is 165 Å². The smallest absolute Gasteiger partial charge is 0.338 e. The zero-order valence-electron chi connectivity index (χ0n) is 14.7. The number of amides is 1. The van der Waals surface area contributed by atoms with Gasteiger partial charge in [0.25, 0.3) is 5.91 Å². The maximum Gasteiger partial charge on any atom is 0.338 e. The van der Waals surface area contributed by atoms with Crippen LogP contribution in [0.5, 0.6) is 5.75 Å². The third-order valence-electron chi connectivity index (χ3n) is 3.64. The minimum Gasteiger partial charge on any atom is -0.483 e. The lowest BCUT2D eigenvalue weighted by atomic mass is 10.2. The third kappa shape index (κ3) is 4.75. The number of halogens is 1. The summed E-state index contributed by atoms with van der Waals surface area (Å²) in [5.41, 5.74) is 1.99. The first-order valence-corrected chi connectivity index (χ1v) is 9.42. The Bertz CT molecular complexity index is 1000. The minimum atomic E-state index is -0.384. The molecule has 0 aliphatic rings. The van der Waals surface area contributed by atoms with Crippen molar-refractivity contribution in [3.8, 4) is 5.75 Å². The summed E-state index contributed by atoms with van der Waals surface area (Å²) in [5.74, 6) is -0.114. The van der Waals surface area contributed by atoms with Crippen LogP contribution < -0.4 is 10.1 Å². The maximum atomic E-state index is 12.1. The summed E-state index contributed by atoms with van der Waals surface area (Å²) in [6.45, 7) is 3.78. The van der Waals surface area contributed by atoms with Crippen LogP contribution in [-0.2, 0) is 9.53 Å². The number of aromatic nitrogens is 1. The molecule has 0 bridgehead atoms. The standard InChI is InChI=1S/C19H17ClN2O4S/c1-3-25-18(24)12-4-6-14-16(9-12)27-19(21-14)22-17(23)10-26-15-7-5-13(20)8-11(15)2/h4-9H,3,10H2,1-2H3,(H,21,22,23). The van der Waals surface area contributed by atoms with Gasteiger partial charge in [-0.1, -0.05) is 22.9 Å². The Hall–Kier alpha value is -2.64. The van der Waals surface area contributed by atoms with Crippen molar-refractivity contribution in [2.24, 2.45) is 0 Å². The number of fused-ring (bicyclic) bond motifs is 1. The van der Waals surface area contributed by atoms with E-state index in [0.717, 1.165) is 10.3 Å². The van der Waals surface area contributed by atoms with E-state index in [0.29, 0.717) is 33.6 Å². The monoisotopic (exact) mass is 404 g/mol. The van der Waals surface area contributed by atoms with Crippen LogP contribution in [0.2, 0.25) is 5.02 Å². The van der Waals surface area contributed by atoms with Crippen molar-refractivity contribution in [1.29, 1.82) is 0 Å². The first kappa shape index (κ1) is 19.1. The predicted octanol–water partition coefficient (Wildman–Crippen LogP) is 4.45. The van der Waals surface area contributed by atoms with Gasteiger partial charge in [0.2, 0.25) is 0 Å². The van der Waals surface area contributed by atoms with Crippen molar-refractivity contribution < 1.29 is 19.1 Å². The molecule has 6 nitrogen and oxygen atoms in total. The lowest BCUT2D eigenvalue weighted by Gasteiger charge is -2.08. The Morgan fingerprint density at radius 3 is 2.78 bits per heavy atom. The molecular formula is C19H17ClN2O4S. The number of carbonyl (C=O) groups is 2. The molecule has 0 fully saturated rings. The number of nitrogens with one attached hydrogen (secondary N) is 1. The lowest BCUT2D eigenvalue weighted by Crippen LogP contribution is -2.20. The molecule has 0 aliphatic carbocycles. The number of hydrogen-bond acceptors (Lipinski definition) is 6. The van der Waals surface area contributed by atoms with E-state index >= 15 is 0 Å². The average molecular weight is 405 g/mol.